The van der Waals surface area contributed by atoms with E-state index in [0.29, 0.717) is 18.7 Å². The van der Waals surface area contributed by atoms with E-state index in [1.54, 1.807) is 11.0 Å². The Labute approximate surface area is 156 Å². The highest BCUT2D eigenvalue weighted by Crippen LogP contribution is 2.17. The second-order valence-corrected chi connectivity index (χ2v) is 6.30. The molecule has 7 heteroatoms. The third-order valence-corrected chi connectivity index (χ3v) is 4.36. The molecule has 2 aromatic carbocycles. The maximum absolute atomic E-state index is 12.3. The summed E-state index contributed by atoms with van der Waals surface area (Å²) in [7, 11) is 0. The number of para-hydroxylation sites is 2. The van der Waals surface area contributed by atoms with E-state index in [4.69, 9.17) is 4.42 Å². The van der Waals surface area contributed by atoms with E-state index in [9.17, 15) is 4.79 Å². The zero-order chi connectivity index (χ0) is 18.6. The smallest absolute Gasteiger partial charge is 0.220 e. The van der Waals surface area contributed by atoms with E-state index in [-0.39, 0.29) is 11.9 Å². The summed E-state index contributed by atoms with van der Waals surface area (Å²) in [5, 5.41) is 7.11. The van der Waals surface area contributed by atoms with Crippen molar-refractivity contribution >= 4 is 17.0 Å². The van der Waals surface area contributed by atoms with Crippen molar-refractivity contribution < 1.29 is 9.21 Å². The molecule has 0 spiro atoms. The van der Waals surface area contributed by atoms with Crippen LogP contribution in [-0.4, -0.2) is 25.7 Å². The molecule has 0 fully saturated rings. The lowest BCUT2D eigenvalue weighted by atomic mass is 10.1. The molecule has 0 bridgehead atoms. The summed E-state index contributed by atoms with van der Waals surface area (Å²) < 4.78 is 7.34. The fraction of sp³-hybridized carbons (Fsp3) is 0.200. The topological polar surface area (TPSA) is 85.8 Å². The van der Waals surface area contributed by atoms with Gasteiger partial charge in [-0.25, -0.2) is 14.6 Å². The van der Waals surface area contributed by atoms with Crippen molar-refractivity contribution in [3.8, 4) is 5.69 Å². The highest BCUT2D eigenvalue weighted by Gasteiger charge is 2.12. The third-order valence-electron chi connectivity index (χ3n) is 4.36. The van der Waals surface area contributed by atoms with Crippen LogP contribution in [0.5, 0.6) is 0 Å². The fourth-order valence-electron chi connectivity index (χ4n) is 2.90. The summed E-state index contributed by atoms with van der Waals surface area (Å²) in [5.74, 6) is 0.543. The van der Waals surface area contributed by atoms with Gasteiger partial charge in [-0.2, -0.15) is 5.10 Å². The summed E-state index contributed by atoms with van der Waals surface area (Å²) in [4.78, 5) is 20.6. The van der Waals surface area contributed by atoms with Gasteiger partial charge in [0, 0.05) is 12.8 Å². The van der Waals surface area contributed by atoms with Crippen LogP contribution < -0.4 is 5.32 Å². The van der Waals surface area contributed by atoms with Crippen LogP contribution in [0.3, 0.4) is 0 Å². The fourth-order valence-corrected chi connectivity index (χ4v) is 2.90. The molecule has 0 aliphatic carbocycles. The largest absolute Gasteiger partial charge is 0.441 e. The number of nitrogens with zero attached hydrogens (tertiary/aromatic N) is 4. The number of aromatic nitrogens is 4. The van der Waals surface area contributed by atoms with Crippen LogP contribution in [0.4, 0.5) is 0 Å². The van der Waals surface area contributed by atoms with Gasteiger partial charge in [-0.05, 0) is 36.8 Å². The zero-order valence-corrected chi connectivity index (χ0v) is 14.9. The lowest BCUT2D eigenvalue weighted by Crippen LogP contribution is -2.26. The highest BCUT2D eigenvalue weighted by molar-refractivity contribution is 5.77. The van der Waals surface area contributed by atoms with Crippen molar-refractivity contribution in [2.45, 2.75) is 25.8 Å². The van der Waals surface area contributed by atoms with Crippen LogP contribution in [-0.2, 0) is 11.2 Å². The van der Waals surface area contributed by atoms with Gasteiger partial charge in [0.1, 0.15) is 18.2 Å². The molecule has 1 atom stereocenters. The van der Waals surface area contributed by atoms with E-state index >= 15 is 0 Å². The quantitative estimate of drug-likeness (QED) is 0.570. The van der Waals surface area contributed by atoms with Crippen molar-refractivity contribution in [3.63, 3.8) is 0 Å². The number of benzene rings is 2. The van der Waals surface area contributed by atoms with Crippen LogP contribution in [0, 0.1) is 0 Å². The van der Waals surface area contributed by atoms with Crippen LogP contribution in [0.2, 0.25) is 0 Å². The van der Waals surface area contributed by atoms with E-state index in [2.05, 4.69) is 20.4 Å². The lowest BCUT2D eigenvalue weighted by molar-refractivity contribution is -0.121. The Morgan fingerprint density at radius 3 is 2.74 bits per heavy atom. The first-order valence-corrected chi connectivity index (χ1v) is 8.78. The third kappa shape index (κ3) is 3.87. The van der Waals surface area contributed by atoms with Gasteiger partial charge in [0.05, 0.1) is 11.7 Å². The van der Waals surface area contributed by atoms with Gasteiger partial charge < -0.3 is 9.73 Å². The average molecular weight is 361 g/mol. The number of aryl methyl sites for hydroxylation is 1. The molecule has 0 radical (unpaired) electrons. The Balaban J connectivity index is 1.33. The Morgan fingerprint density at radius 2 is 2.00 bits per heavy atom. The van der Waals surface area contributed by atoms with Crippen molar-refractivity contribution in [2.24, 2.45) is 0 Å². The minimum absolute atomic E-state index is 0.0369. The molecular weight excluding hydrogens is 342 g/mol. The number of hydrogen-bond acceptors (Lipinski definition) is 5. The summed E-state index contributed by atoms with van der Waals surface area (Å²) in [6.45, 7) is 1.96. The Bertz CT molecular complexity index is 1000. The number of oxazole rings is 1. The van der Waals surface area contributed by atoms with Crippen LogP contribution in [0.1, 0.15) is 30.8 Å². The number of hydrogen-bond donors (Lipinski definition) is 1. The highest BCUT2D eigenvalue weighted by atomic mass is 16.3. The van der Waals surface area contributed by atoms with Crippen molar-refractivity contribution in [1.82, 2.24) is 25.1 Å². The van der Waals surface area contributed by atoms with Gasteiger partial charge in [-0.3, -0.25) is 4.79 Å². The first-order chi connectivity index (χ1) is 13.2. The normalized spacial score (nSPS) is 12.2. The molecule has 4 rings (SSSR count). The Hall–Kier alpha value is -3.48. The molecule has 1 amide bonds. The Kier molecular flexibility index (Phi) is 4.65. The molecule has 0 aliphatic heterocycles. The maximum atomic E-state index is 12.3. The maximum Gasteiger partial charge on any atom is 0.220 e. The minimum Gasteiger partial charge on any atom is -0.441 e. The molecule has 1 N–H and O–H groups in total. The van der Waals surface area contributed by atoms with Gasteiger partial charge in [0.25, 0.3) is 0 Å². The van der Waals surface area contributed by atoms with Gasteiger partial charge in [-0.15, -0.1) is 0 Å². The average Bonchev–Trinajstić information content (AvgIpc) is 3.36. The first-order valence-electron chi connectivity index (χ1n) is 8.78. The number of carbonyl (C=O) groups excluding carboxylic acids is 1. The predicted molar refractivity (Wildman–Crippen MR) is 100 cm³/mol. The number of carbonyl (C=O) groups is 1. The summed E-state index contributed by atoms with van der Waals surface area (Å²) in [5.41, 5.74) is 3.50. The standard InChI is InChI=1S/C20H19N5O2/c1-14(15-6-8-16(9-7-15)25-13-21-12-22-25)23-19(26)10-11-20-24-17-4-2-3-5-18(17)27-20/h2-9,12-14H,10-11H2,1H3,(H,23,26)/t14-/m1/s1. The van der Waals surface area contributed by atoms with E-state index in [1.807, 2.05) is 55.5 Å². The number of nitrogens with one attached hydrogen (secondary N) is 1. The zero-order valence-electron chi connectivity index (χ0n) is 14.9. The first kappa shape index (κ1) is 17.0. The van der Waals surface area contributed by atoms with Gasteiger partial charge in [-0.1, -0.05) is 24.3 Å². The molecule has 0 saturated carbocycles. The number of fused-ring (bicyclic) bond motifs is 1. The van der Waals surface area contributed by atoms with Crippen molar-refractivity contribution in [1.29, 1.82) is 0 Å². The molecule has 2 heterocycles. The van der Waals surface area contributed by atoms with Crippen LogP contribution in [0.25, 0.3) is 16.8 Å². The van der Waals surface area contributed by atoms with Gasteiger partial charge >= 0.3 is 0 Å². The SMILES string of the molecule is C[C@@H](NC(=O)CCc1nc2ccccc2o1)c1ccc(-n2cncn2)cc1. The van der Waals surface area contributed by atoms with Crippen LogP contribution in [0.15, 0.2) is 65.6 Å². The summed E-state index contributed by atoms with van der Waals surface area (Å²) >= 11 is 0. The summed E-state index contributed by atoms with van der Waals surface area (Å²) in [6, 6.07) is 15.3. The molecule has 27 heavy (non-hydrogen) atoms. The monoisotopic (exact) mass is 361 g/mol. The van der Waals surface area contributed by atoms with E-state index < -0.39 is 0 Å². The lowest BCUT2D eigenvalue weighted by Gasteiger charge is -2.14. The molecule has 0 aliphatic rings. The minimum atomic E-state index is -0.0917. The van der Waals surface area contributed by atoms with Gasteiger partial charge in [0.2, 0.25) is 5.91 Å². The number of amides is 1. The Morgan fingerprint density at radius 1 is 1.19 bits per heavy atom. The molecule has 2 aromatic heterocycles. The van der Waals surface area contributed by atoms with Gasteiger partial charge in [0.15, 0.2) is 11.5 Å². The van der Waals surface area contributed by atoms with E-state index in [0.717, 1.165) is 22.4 Å². The van der Waals surface area contributed by atoms with Crippen molar-refractivity contribution in [2.75, 3.05) is 0 Å². The van der Waals surface area contributed by atoms with E-state index in [1.165, 1.54) is 6.33 Å². The molecule has 0 unspecified atom stereocenters. The van der Waals surface area contributed by atoms with Crippen LogP contribution >= 0.6 is 0 Å². The molecule has 136 valence electrons. The number of rotatable bonds is 6. The van der Waals surface area contributed by atoms with Crippen molar-refractivity contribution in [3.05, 3.63) is 72.6 Å². The molecule has 0 saturated heterocycles. The second kappa shape index (κ2) is 7.41. The summed E-state index contributed by atoms with van der Waals surface area (Å²) in [6.07, 6.45) is 3.94. The molecular formula is C20H19N5O2. The second-order valence-electron chi connectivity index (χ2n) is 6.30. The predicted octanol–water partition coefficient (Wildman–Crippen LogP) is 3.22. The molecule has 7 nitrogen and oxygen atoms in total. The molecule has 4 aromatic rings.